The number of ether oxygens (including phenoxy) is 1. The molecule has 1 aliphatic carbocycles. The van der Waals surface area contributed by atoms with E-state index in [2.05, 4.69) is 34.1 Å². The highest BCUT2D eigenvalue weighted by atomic mass is 16.5. The summed E-state index contributed by atoms with van der Waals surface area (Å²) < 4.78 is 5.17. The minimum Gasteiger partial charge on any atom is -0.383 e. The summed E-state index contributed by atoms with van der Waals surface area (Å²) in [4.78, 5) is 44.9. The lowest BCUT2D eigenvalue weighted by Crippen LogP contribution is -2.41. The lowest BCUT2D eigenvalue weighted by molar-refractivity contribution is -0.131. The Kier molecular flexibility index (Phi) is 6.19. The average molecular weight is 439 g/mol. The van der Waals surface area contributed by atoms with Gasteiger partial charge in [-0.25, -0.2) is 15.0 Å². The molecule has 2 amide bonds. The van der Waals surface area contributed by atoms with Crippen molar-refractivity contribution in [1.82, 2.24) is 30.2 Å². The SMILES string of the molecule is COC[C@H](C)N1C[C@H](C(=O)N[C@@H]2CC(C)(C)Cc3nc(-c4cnccn4)ncc32)CC1=O. The second kappa shape index (κ2) is 8.90. The highest BCUT2D eigenvalue weighted by molar-refractivity contribution is 5.89. The first-order valence-electron chi connectivity index (χ1n) is 11.0. The molecule has 9 heteroatoms. The van der Waals surface area contributed by atoms with E-state index < -0.39 is 0 Å². The third kappa shape index (κ3) is 4.62. The Labute approximate surface area is 188 Å². The van der Waals surface area contributed by atoms with Crippen LogP contribution in [0.1, 0.15) is 50.9 Å². The average Bonchev–Trinajstić information content (AvgIpc) is 3.15. The van der Waals surface area contributed by atoms with E-state index >= 15 is 0 Å². The number of methoxy groups -OCH3 is 1. The molecule has 9 nitrogen and oxygen atoms in total. The number of amides is 2. The highest BCUT2D eigenvalue weighted by Gasteiger charge is 2.39. The fourth-order valence-corrected chi connectivity index (χ4v) is 4.67. The van der Waals surface area contributed by atoms with Gasteiger partial charge in [0, 0.05) is 44.2 Å². The quantitative estimate of drug-likeness (QED) is 0.734. The molecular formula is C23H30N6O3. The van der Waals surface area contributed by atoms with Crippen molar-refractivity contribution in [2.24, 2.45) is 11.3 Å². The first-order valence-corrected chi connectivity index (χ1v) is 11.0. The molecule has 3 heterocycles. The number of fused-ring (bicyclic) bond motifs is 1. The zero-order valence-corrected chi connectivity index (χ0v) is 19.0. The van der Waals surface area contributed by atoms with Gasteiger partial charge in [-0.1, -0.05) is 13.8 Å². The molecule has 0 radical (unpaired) electrons. The maximum absolute atomic E-state index is 13.1. The van der Waals surface area contributed by atoms with Crippen LogP contribution in [0.2, 0.25) is 0 Å². The second-order valence-corrected chi connectivity index (χ2v) is 9.54. The van der Waals surface area contributed by atoms with Gasteiger partial charge in [0.25, 0.3) is 0 Å². The van der Waals surface area contributed by atoms with Crippen LogP contribution in [0.25, 0.3) is 11.5 Å². The minimum absolute atomic E-state index is 0.00369. The van der Waals surface area contributed by atoms with E-state index in [0.717, 1.165) is 24.1 Å². The van der Waals surface area contributed by atoms with Crippen LogP contribution in [-0.4, -0.2) is 63.0 Å². The van der Waals surface area contributed by atoms with Gasteiger partial charge >= 0.3 is 0 Å². The Morgan fingerprint density at radius 2 is 2.12 bits per heavy atom. The molecule has 0 bridgehead atoms. The zero-order valence-electron chi connectivity index (χ0n) is 19.0. The number of aromatic nitrogens is 4. The lowest BCUT2D eigenvalue weighted by atomic mass is 9.74. The third-order valence-corrected chi connectivity index (χ3v) is 6.26. The first kappa shape index (κ1) is 22.3. The van der Waals surface area contributed by atoms with Crippen molar-refractivity contribution < 1.29 is 14.3 Å². The van der Waals surface area contributed by atoms with E-state index in [0.29, 0.717) is 24.7 Å². The van der Waals surface area contributed by atoms with Crippen LogP contribution < -0.4 is 5.32 Å². The second-order valence-electron chi connectivity index (χ2n) is 9.54. The van der Waals surface area contributed by atoms with Crippen molar-refractivity contribution in [1.29, 1.82) is 0 Å². The van der Waals surface area contributed by atoms with E-state index in [4.69, 9.17) is 9.72 Å². The van der Waals surface area contributed by atoms with E-state index in [1.165, 1.54) is 0 Å². The van der Waals surface area contributed by atoms with E-state index in [-0.39, 0.29) is 41.7 Å². The molecule has 2 aromatic heterocycles. The molecular weight excluding hydrogens is 408 g/mol. The van der Waals surface area contributed by atoms with Crippen LogP contribution in [0.4, 0.5) is 0 Å². The molecule has 0 spiro atoms. The smallest absolute Gasteiger partial charge is 0.225 e. The number of hydrogen-bond donors (Lipinski definition) is 1. The summed E-state index contributed by atoms with van der Waals surface area (Å²) in [5.74, 6) is 0.0620. The zero-order chi connectivity index (χ0) is 22.9. The van der Waals surface area contributed by atoms with Gasteiger partial charge in [0.2, 0.25) is 11.8 Å². The Balaban J connectivity index is 1.52. The molecule has 32 heavy (non-hydrogen) atoms. The van der Waals surface area contributed by atoms with Crippen LogP contribution in [0.5, 0.6) is 0 Å². The van der Waals surface area contributed by atoms with Crippen LogP contribution >= 0.6 is 0 Å². The highest BCUT2D eigenvalue weighted by Crippen LogP contribution is 2.40. The maximum Gasteiger partial charge on any atom is 0.225 e. The Morgan fingerprint density at radius 3 is 2.84 bits per heavy atom. The van der Waals surface area contributed by atoms with Crippen molar-refractivity contribution in [2.75, 3.05) is 20.3 Å². The van der Waals surface area contributed by atoms with E-state index in [1.54, 1.807) is 36.8 Å². The lowest BCUT2D eigenvalue weighted by Gasteiger charge is -2.37. The largest absolute Gasteiger partial charge is 0.383 e. The predicted octanol–water partition coefficient (Wildman–Crippen LogP) is 1.95. The van der Waals surface area contributed by atoms with Crippen LogP contribution in [0, 0.1) is 11.3 Å². The van der Waals surface area contributed by atoms with Crippen LogP contribution in [0.15, 0.2) is 24.8 Å². The molecule has 1 saturated heterocycles. The number of likely N-dealkylation sites (tertiary alicyclic amines) is 1. The molecule has 4 rings (SSSR count). The monoisotopic (exact) mass is 438 g/mol. The molecule has 3 atom stereocenters. The summed E-state index contributed by atoms with van der Waals surface area (Å²) in [5, 5.41) is 3.19. The van der Waals surface area contributed by atoms with Gasteiger partial charge < -0.3 is 15.0 Å². The van der Waals surface area contributed by atoms with Crippen molar-refractivity contribution in [3.05, 3.63) is 36.0 Å². The number of rotatable bonds is 6. The molecule has 170 valence electrons. The summed E-state index contributed by atoms with van der Waals surface area (Å²) in [6.07, 6.45) is 8.46. The van der Waals surface area contributed by atoms with Gasteiger partial charge in [-0.05, 0) is 25.2 Å². The van der Waals surface area contributed by atoms with Gasteiger partial charge in [0.15, 0.2) is 5.82 Å². The third-order valence-electron chi connectivity index (χ3n) is 6.26. The normalized spacial score (nSPS) is 23.0. The summed E-state index contributed by atoms with van der Waals surface area (Å²) >= 11 is 0. The summed E-state index contributed by atoms with van der Waals surface area (Å²) in [5.41, 5.74) is 2.43. The van der Waals surface area contributed by atoms with E-state index in [9.17, 15) is 9.59 Å². The fraction of sp³-hybridized carbons (Fsp3) is 0.565. The number of nitrogens with one attached hydrogen (secondary N) is 1. The first-order chi connectivity index (χ1) is 15.3. The van der Waals surface area contributed by atoms with Crippen molar-refractivity contribution in [3.8, 4) is 11.5 Å². The molecule has 2 aliphatic rings. The van der Waals surface area contributed by atoms with Gasteiger partial charge in [-0.15, -0.1) is 0 Å². The summed E-state index contributed by atoms with van der Waals surface area (Å²) in [7, 11) is 1.61. The molecule has 1 N–H and O–H groups in total. The molecule has 2 aromatic rings. The Bertz CT molecular complexity index is 996. The minimum atomic E-state index is -0.366. The van der Waals surface area contributed by atoms with Gasteiger partial charge in [-0.3, -0.25) is 14.6 Å². The molecule has 0 saturated carbocycles. The maximum atomic E-state index is 13.1. The molecule has 1 aliphatic heterocycles. The fourth-order valence-electron chi connectivity index (χ4n) is 4.67. The van der Waals surface area contributed by atoms with Crippen molar-refractivity contribution in [3.63, 3.8) is 0 Å². The molecule has 1 fully saturated rings. The standard InChI is InChI=1S/C23H30N6O3/c1-14(13-32-4)29-12-15(7-20(29)30)22(31)28-18-9-23(2,3)8-17-16(18)10-26-21(27-17)19-11-24-5-6-25-19/h5-6,10-11,14-15,18H,7-9,12-13H2,1-4H3,(H,28,31)/t14-,15+,18+/m0/s1. The van der Waals surface area contributed by atoms with Crippen molar-refractivity contribution >= 4 is 11.8 Å². The topological polar surface area (TPSA) is 110 Å². The number of nitrogens with zero attached hydrogens (tertiary/aromatic N) is 5. The molecule has 0 unspecified atom stereocenters. The van der Waals surface area contributed by atoms with E-state index in [1.807, 2.05) is 6.92 Å². The molecule has 0 aromatic carbocycles. The van der Waals surface area contributed by atoms with Crippen LogP contribution in [-0.2, 0) is 20.7 Å². The van der Waals surface area contributed by atoms with Crippen molar-refractivity contribution in [2.45, 2.75) is 52.1 Å². The van der Waals surface area contributed by atoms with Gasteiger partial charge in [0.05, 0.1) is 36.5 Å². The number of hydrogen-bond acceptors (Lipinski definition) is 7. The van der Waals surface area contributed by atoms with Gasteiger partial charge in [-0.2, -0.15) is 0 Å². The van der Waals surface area contributed by atoms with Gasteiger partial charge in [0.1, 0.15) is 5.69 Å². The van der Waals surface area contributed by atoms with Crippen LogP contribution in [0.3, 0.4) is 0 Å². The summed E-state index contributed by atoms with van der Waals surface area (Å²) in [6.45, 7) is 7.16. The Hall–Kier alpha value is -2.94. The Morgan fingerprint density at radius 1 is 1.31 bits per heavy atom. The number of carbonyl (C=O) groups is 2. The predicted molar refractivity (Wildman–Crippen MR) is 117 cm³/mol. The summed E-state index contributed by atoms with van der Waals surface area (Å²) in [6, 6.07) is -0.245. The number of carbonyl (C=O) groups excluding carboxylic acids is 2.